The van der Waals surface area contributed by atoms with E-state index in [-0.39, 0.29) is 0 Å². The highest BCUT2D eigenvalue weighted by atomic mass is 16.4. The number of rotatable bonds is 0. The Hall–Kier alpha value is -1.72. The summed E-state index contributed by atoms with van der Waals surface area (Å²) in [4.78, 5) is 18.2. The lowest BCUT2D eigenvalue weighted by Crippen LogP contribution is -2.58. The number of Topliss-reactive ketones (excluding diaryl/α,β-unsaturated/α-hetero) is 1. The van der Waals surface area contributed by atoms with Gasteiger partial charge in [-0.1, -0.05) is 24.3 Å². The third-order valence-corrected chi connectivity index (χ3v) is 4.13. The lowest BCUT2D eigenvalue weighted by atomic mass is 10.00. The van der Waals surface area contributed by atoms with Crippen molar-refractivity contribution in [2.24, 2.45) is 4.99 Å². The first-order chi connectivity index (χ1) is 8.59. The fourth-order valence-electron chi connectivity index (χ4n) is 3.28. The molecule has 2 aliphatic heterocycles. The molecule has 1 fully saturated rings. The molecule has 5 heteroatoms. The molecule has 1 aromatic rings. The molecule has 1 aromatic carbocycles. The summed E-state index contributed by atoms with van der Waals surface area (Å²) in [7, 11) is 0. The van der Waals surface area contributed by atoms with E-state index in [0.29, 0.717) is 29.9 Å². The zero-order valence-electron chi connectivity index (χ0n) is 9.63. The Morgan fingerprint density at radius 3 is 2.89 bits per heavy atom. The van der Waals surface area contributed by atoms with Crippen molar-refractivity contribution < 1.29 is 15.0 Å². The van der Waals surface area contributed by atoms with Crippen LogP contribution in [-0.4, -0.2) is 39.0 Å². The molecule has 0 amide bonds. The third kappa shape index (κ3) is 0.824. The van der Waals surface area contributed by atoms with E-state index in [1.54, 1.807) is 29.2 Å². The topological polar surface area (TPSA) is 73.1 Å². The highest BCUT2D eigenvalue weighted by Crippen LogP contribution is 2.52. The molecule has 0 aromatic heterocycles. The third-order valence-electron chi connectivity index (χ3n) is 4.13. The number of nitrogens with zero attached hydrogens (tertiary/aromatic N) is 2. The smallest absolute Gasteiger partial charge is 0.259 e. The van der Waals surface area contributed by atoms with Crippen LogP contribution in [0.4, 0.5) is 0 Å². The van der Waals surface area contributed by atoms with Crippen molar-refractivity contribution in [3.63, 3.8) is 0 Å². The second-order valence-corrected chi connectivity index (χ2v) is 5.00. The number of aliphatic imine (C=N–C) groups is 1. The van der Waals surface area contributed by atoms with Gasteiger partial charge in [0.15, 0.2) is 0 Å². The van der Waals surface area contributed by atoms with Gasteiger partial charge in [0.25, 0.3) is 5.72 Å². The van der Waals surface area contributed by atoms with Gasteiger partial charge in [-0.15, -0.1) is 0 Å². The molecule has 0 saturated carbocycles. The van der Waals surface area contributed by atoms with Gasteiger partial charge >= 0.3 is 0 Å². The van der Waals surface area contributed by atoms with Gasteiger partial charge in [0, 0.05) is 24.1 Å². The standard InChI is InChI=1S/C13H12N2O3/c16-11-8-4-1-2-5-9(8)12(17)13(11,18)15-7-3-6-10(15)14-12/h1-2,4-5,17-18H,3,6-7H2/t12-,13+/m1/s1. The number of aliphatic hydroxyl groups is 2. The molecule has 92 valence electrons. The Morgan fingerprint density at radius 1 is 1.28 bits per heavy atom. The zero-order valence-corrected chi connectivity index (χ0v) is 9.63. The maximum Gasteiger partial charge on any atom is 0.259 e. The van der Waals surface area contributed by atoms with E-state index in [1.165, 1.54) is 0 Å². The Bertz CT molecular complexity index is 612. The van der Waals surface area contributed by atoms with E-state index in [0.717, 1.165) is 6.42 Å². The summed E-state index contributed by atoms with van der Waals surface area (Å²) in [5.74, 6) is 0.170. The molecular formula is C13H12N2O3. The van der Waals surface area contributed by atoms with Gasteiger partial charge in [-0.25, -0.2) is 4.99 Å². The van der Waals surface area contributed by atoms with Crippen LogP contribution in [0.5, 0.6) is 0 Å². The van der Waals surface area contributed by atoms with Crippen LogP contribution in [0.2, 0.25) is 0 Å². The molecule has 0 bridgehead atoms. The van der Waals surface area contributed by atoms with Gasteiger partial charge in [0.2, 0.25) is 11.5 Å². The number of benzene rings is 1. The SMILES string of the molecule is O=C1c2ccccc2[C@]2(O)N=C3CCCN3[C@]12O. The monoisotopic (exact) mass is 244 g/mol. The van der Waals surface area contributed by atoms with Crippen LogP contribution >= 0.6 is 0 Å². The minimum absolute atomic E-state index is 0.359. The first-order valence-corrected chi connectivity index (χ1v) is 6.04. The second-order valence-electron chi connectivity index (χ2n) is 5.00. The number of hydrogen-bond acceptors (Lipinski definition) is 5. The van der Waals surface area contributed by atoms with Crippen LogP contribution in [0.15, 0.2) is 29.3 Å². The molecule has 0 spiro atoms. The van der Waals surface area contributed by atoms with Crippen LogP contribution in [0.1, 0.15) is 28.8 Å². The molecular weight excluding hydrogens is 232 g/mol. The number of hydrogen-bond donors (Lipinski definition) is 2. The van der Waals surface area contributed by atoms with Crippen LogP contribution in [-0.2, 0) is 5.72 Å². The van der Waals surface area contributed by atoms with Crippen LogP contribution in [0.3, 0.4) is 0 Å². The molecule has 3 aliphatic rings. The van der Waals surface area contributed by atoms with Crippen molar-refractivity contribution in [1.82, 2.24) is 4.90 Å². The molecule has 5 nitrogen and oxygen atoms in total. The van der Waals surface area contributed by atoms with E-state index in [2.05, 4.69) is 4.99 Å². The van der Waals surface area contributed by atoms with Gasteiger partial charge in [-0.2, -0.15) is 0 Å². The number of fused-ring (bicyclic) bond motifs is 5. The summed E-state index contributed by atoms with van der Waals surface area (Å²) < 4.78 is 0. The van der Waals surface area contributed by atoms with Crippen LogP contribution in [0, 0.1) is 0 Å². The van der Waals surface area contributed by atoms with Gasteiger partial charge in [-0.05, 0) is 6.42 Å². The van der Waals surface area contributed by atoms with Crippen molar-refractivity contribution in [2.75, 3.05) is 6.54 Å². The Morgan fingerprint density at radius 2 is 2.06 bits per heavy atom. The molecule has 2 N–H and O–H groups in total. The molecule has 2 atom stereocenters. The largest absolute Gasteiger partial charge is 0.361 e. The van der Waals surface area contributed by atoms with Gasteiger partial charge in [-0.3, -0.25) is 4.79 Å². The van der Waals surface area contributed by atoms with Gasteiger partial charge in [0.1, 0.15) is 5.84 Å². The molecule has 0 radical (unpaired) electrons. The Kier molecular flexibility index (Phi) is 1.60. The average molecular weight is 244 g/mol. The fraction of sp³-hybridized carbons (Fsp3) is 0.385. The highest BCUT2D eigenvalue weighted by Gasteiger charge is 2.70. The molecule has 0 unspecified atom stereocenters. The summed E-state index contributed by atoms with van der Waals surface area (Å²) >= 11 is 0. The molecule has 1 aliphatic carbocycles. The number of carbonyl (C=O) groups is 1. The Balaban J connectivity index is 2.04. The predicted molar refractivity (Wildman–Crippen MR) is 63.0 cm³/mol. The molecule has 4 rings (SSSR count). The molecule has 18 heavy (non-hydrogen) atoms. The fourth-order valence-corrected chi connectivity index (χ4v) is 3.28. The minimum atomic E-state index is -1.94. The van der Waals surface area contributed by atoms with Gasteiger partial charge < -0.3 is 15.1 Å². The number of ketones is 1. The van der Waals surface area contributed by atoms with Crippen molar-refractivity contribution in [1.29, 1.82) is 0 Å². The summed E-state index contributed by atoms with van der Waals surface area (Å²) in [6.07, 6.45) is 1.54. The van der Waals surface area contributed by atoms with Crippen molar-refractivity contribution >= 4 is 11.6 Å². The van der Waals surface area contributed by atoms with E-state index >= 15 is 0 Å². The highest BCUT2D eigenvalue weighted by molar-refractivity contribution is 6.12. The maximum atomic E-state index is 12.4. The number of amidine groups is 1. The quantitative estimate of drug-likeness (QED) is 0.685. The second kappa shape index (κ2) is 2.81. The summed E-state index contributed by atoms with van der Waals surface area (Å²) in [5, 5.41) is 21.5. The Labute approximate surface area is 103 Å². The lowest BCUT2D eigenvalue weighted by molar-refractivity contribution is -0.158. The lowest BCUT2D eigenvalue weighted by Gasteiger charge is -2.34. The van der Waals surface area contributed by atoms with E-state index in [4.69, 9.17) is 0 Å². The summed E-state index contributed by atoms with van der Waals surface area (Å²) in [6.45, 7) is 0.553. The summed E-state index contributed by atoms with van der Waals surface area (Å²) in [6, 6.07) is 6.73. The molecule has 2 heterocycles. The number of carbonyl (C=O) groups excluding carboxylic acids is 1. The first-order valence-electron chi connectivity index (χ1n) is 6.04. The summed E-state index contributed by atoms with van der Waals surface area (Å²) in [5.41, 5.74) is -3.02. The van der Waals surface area contributed by atoms with Crippen LogP contribution < -0.4 is 0 Å². The van der Waals surface area contributed by atoms with Crippen LogP contribution in [0.25, 0.3) is 0 Å². The predicted octanol–water partition coefficient (Wildman–Crippen LogP) is 0.224. The van der Waals surface area contributed by atoms with Crippen molar-refractivity contribution in [3.8, 4) is 0 Å². The van der Waals surface area contributed by atoms with E-state index in [9.17, 15) is 15.0 Å². The average Bonchev–Trinajstić information content (AvgIpc) is 2.95. The van der Waals surface area contributed by atoms with Gasteiger partial charge in [0.05, 0.1) is 0 Å². The molecule has 1 saturated heterocycles. The van der Waals surface area contributed by atoms with E-state index < -0.39 is 17.2 Å². The first kappa shape index (κ1) is 10.2. The van der Waals surface area contributed by atoms with Crippen molar-refractivity contribution in [2.45, 2.75) is 24.3 Å². The maximum absolute atomic E-state index is 12.4. The minimum Gasteiger partial charge on any atom is -0.361 e. The van der Waals surface area contributed by atoms with Crippen molar-refractivity contribution in [3.05, 3.63) is 35.4 Å². The zero-order chi connectivity index (χ0) is 12.5. The normalized spacial score (nSPS) is 36.4. The van der Waals surface area contributed by atoms with E-state index in [1.807, 2.05) is 0 Å².